The van der Waals surface area contributed by atoms with Crippen molar-refractivity contribution < 1.29 is 9.53 Å². The number of hydrogen-bond acceptors (Lipinski definition) is 2. The molecular weight excluding hydrogens is 368 g/mol. The van der Waals surface area contributed by atoms with Gasteiger partial charge in [0.2, 0.25) is 0 Å². The molecule has 1 unspecified atom stereocenters. The van der Waals surface area contributed by atoms with E-state index in [0.717, 1.165) is 55.4 Å². The predicted octanol–water partition coefficient (Wildman–Crippen LogP) is 8.23. The lowest BCUT2D eigenvalue weighted by atomic mass is 9.86. The lowest BCUT2D eigenvalue weighted by molar-refractivity contribution is 0.0469. The molecule has 0 saturated carbocycles. The van der Waals surface area contributed by atoms with E-state index in [9.17, 15) is 4.79 Å². The first-order chi connectivity index (χ1) is 14.1. The highest BCUT2D eigenvalue weighted by molar-refractivity contribution is 6.00. The molecule has 1 aromatic carbocycles. The summed E-state index contributed by atoms with van der Waals surface area (Å²) in [6, 6.07) is 3.93. The first-order valence-corrected chi connectivity index (χ1v) is 11.4. The van der Waals surface area contributed by atoms with Crippen molar-refractivity contribution in [3.05, 3.63) is 63.8 Å². The number of carbonyl (C=O) groups excluding carboxylic acids is 1. The van der Waals surface area contributed by atoms with Crippen LogP contribution in [0, 0.1) is 13.8 Å². The van der Waals surface area contributed by atoms with Crippen molar-refractivity contribution in [2.75, 3.05) is 0 Å². The summed E-state index contributed by atoms with van der Waals surface area (Å²) in [5.74, 6) is 0.999. The molecule has 0 fully saturated rings. The van der Waals surface area contributed by atoms with Crippen LogP contribution < -0.4 is 4.74 Å². The lowest BCUT2D eigenvalue weighted by Gasteiger charge is -2.36. The Morgan fingerprint density at radius 2 is 1.57 bits per heavy atom. The minimum absolute atomic E-state index is 0.205. The smallest absolute Gasteiger partial charge is 0.170 e. The topological polar surface area (TPSA) is 26.3 Å². The van der Waals surface area contributed by atoms with Crippen LogP contribution in [0.5, 0.6) is 5.75 Å². The molecule has 1 atom stereocenters. The maximum Gasteiger partial charge on any atom is 0.170 e. The molecule has 0 radical (unpaired) electrons. The lowest BCUT2D eigenvalue weighted by Crippen LogP contribution is -2.39. The number of ether oxygens (including phenoxy) is 1. The minimum Gasteiger partial charge on any atom is -0.486 e. The van der Waals surface area contributed by atoms with Gasteiger partial charge in [0.05, 0.1) is 12.0 Å². The zero-order chi connectivity index (χ0) is 22.3. The number of hydrogen-bond donors (Lipinski definition) is 0. The number of ketones is 1. The summed E-state index contributed by atoms with van der Waals surface area (Å²) in [7, 11) is 0. The van der Waals surface area contributed by atoms with Gasteiger partial charge in [-0.05, 0) is 104 Å². The summed E-state index contributed by atoms with van der Waals surface area (Å²) >= 11 is 0. The van der Waals surface area contributed by atoms with Crippen molar-refractivity contribution in [2.24, 2.45) is 0 Å². The second-order valence-corrected chi connectivity index (χ2v) is 9.53. The molecule has 2 rings (SSSR count). The summed E-state index contributed by atoms with van der Waals surface area (Å²) in [6.07, 6.45) is 13.8. The zero-order valence-corrected chi connectivity index (χ0v) is 20.2. The molecule has 2 heteroatoms. The molecule has 1 aliphatic rings. The molecule has 1 aromatic rings. The Hall–Kier alpha value is -2.09. The Balaban J connectivity index is 1.86. The van der Waals surface area contributed by atoms with Gasteiger partial charge in [0.25, 0.3) is 0 Å². The zero-order valence-electron chi connectivity index (χ0n) is 20.2. The summed E-state index contributed by atoms with van der Waals surface area (Å²) < 4.78 is 6.39. The molecule has 1 heterocycles. The van der Waals surface area contributed by atoms with Crippen LogP contribution in [0.15, 0.2) is 47.1 Å². The summed E-state index contributed by atoms with van der Waals surface area (Å²) in [6.45, 7) is 15.0. The molecule has 164 valence electrons. The Bertz CT molecular complexity index is 850. The van der Waals surface area contributed by atoms with E-state index in [1.807, 2.05) is 19.1 Å². The van der Waals surface area contributed by atoms with Crippen LogP contribution in [0.25, 0.3) is 0 Å². The van der Waals surface area contributed by atoms with Crippen LogP contribution in [0.4, 0.5) is 0 Å². The van der Waals surface area contributed by atoms with Crippen LogP contribution in [-0.4, -0.2) is 11.4 Å². The summed E-state index contributed by atoms with van der Waals surface area (Å²) in [4.78, 5) is 12.7. The number of fused-ring (bicyclic) bond motifs is 1. The van der Waals surface area contributed by atoms with Crippen molar-refractivity contribution >= 4 is 5.78 Å². The van der Waals surface area contributed by atoms with Gasteiger partial charge in [-0.15, -0.1) is 0 Å². The van der Waals surface area contributed by atoms with Crippen molar-refractivity contribution in [3.63, 3.8) is 0 Å². The Morgan fingerprint density at radius 1 is 0.967 bits per heavy atom. The molecule has 0 spiro atoms. The van der Waals surface area contributed by atoms with Crippen LogP contribution in [-0.2, 0) is 0 Å². The number of carbonyl (C=O) groups is 1. The van der Waals surface area contributed by atoms with Gasteiger partial charge in [-0.25, -0.2) is 0 Å². The number of rotatable bonds is 9. The number of benzene rings is 1. The highest BCUT2D eigenvalue weighted by atomic mass is 16.5. The SMILES string of the molecule is CC(C)=CCC/C(C)=C/CC/C(C)=C/CCC1(C)CC(=O)c2ccc(C)c(C)c2O1. The molecule has 0 amide bonds. The van der Waals surface area contributed by atoms with Gasteiger partial charge in [0, 0.05) is 0 Å². The van der Waals surface area contributed by atoms with Gasteiger partial charge in [-0.3, -0.25) is 4.79 Å². The maximum absolute atomic E-state index is 12.7. The molecule has 0 bridgehead atoms. The van der Waals surface area contributed by atoms with E-state index >= 15 is 0 Å². The van der Waals surface area contributed by atoms with Gasteiger partial charge in [-0.1, -0.05) is 41.0 Å². The van der Waals surface area contributed by atoms with Crippen molar-refractivity contribution in [1.82, 2.24) is 0 Å². The van der Waals surface area contributed by atoms with Gasteiger partial charge < -0.3 is 4.74 Å². The van der Waals surface area contributed by atoms with E-state index in [1.54, 1.807) is 0 Å². The van der Waals surface area contributed by atoms with Crippen molar-refractivity contribution in [1.29, 1.82) is 0 Å². The molecule has 30 heavy (non-hydrogen) atoms. The molecule has 0 aliphatic carbocycles. The average Bonchev–Trinajstić information content (AvgIpc) is 2.64. The normalized spacial score (nSPS) is 19.4. The fourth-order valence-electron chi connectivity index (χ4n) is 3.96. The largest absolute Gasteiger partial charge is 0.486 e. The second-order valence-electron chi connectivity index (χ2n) is 9.53. The van der Waals surface area contributed by atoms with E-state index in [0.29, 0.717) is 6.42 Å². The van der Waals surface area contributed by atoms with Crippen LogP contribution in [0.3, 0.4) is 0 Å². The van der Waals surface area contributed by atoms with E-state index in [2.05, 4.69) is 59.8 Å². The summed E-state index contributed by atoms with van der Waals surface area (Å²) in [5.41, 5.74) is 6.88. The molecule has 0 N–H and O–H groups in total. The summed E-state index contributed by atoms with van der Waals surface area (Å²) in [5, 5.41) is 0. The van der Waals surface area contributed by atoms with Crippen LogP contribution >= 0.6 is 0 Å². The first kappa shape index (κ1) is 24.2. The third kappa shape index (κ3) is 7.00. The number of allylic oxidation sites excluding steroid dienone is 6. The fourth-order valence-corrected chi connectivity index (χ4v) is 3.96. The highest BCUT2D eigenvalue weighted by Gasteiger charge is 2.36. The second kappa shape index (κ2) is 10.8. The molecular formula is C28H40O2. The molecule has 0 saturated heterocycles. The molecule has 0 aromatic heterocycles. The monoisotopic (exact) mass is 408 g/mol. The Kier molecular flexibility index (Phi) is 8.70. The number of Topliss-reactive ketones (excluding diaryl/α,β-unsaturated/α-hetero) is 1. The quantitative estimate of drug-likeness (QED) is 0.385. The Labute approximate surface area is 184 Å². The average molecular weight is 409 g/mol. The third-order valence-corrected chi connectivity index (χ3v) is 6.15. The standard InChI is InChI=1S/C28H40O2/c1-20(2)11-8-12-21(3)13-9-14-22(4)15-10-18-28(7)19-26(29)25-17-16-23(5)24(6)27(25)30-28/h11,13,15-17H,8-10,12,14,18-19H2,1-7H3/b21-13+,22-15+. The van der Waals surface area contributed by atoms with Gasteiger partial charge >= 0.3 is 0 Å². The van der Waals surface area contributed by atoms with E-state index in [1.165, 1.54) is 22.3 Å². The van der Waals surface area contributed by atoms with E-state index < -0.39 is 5.60 Å². The van der Waals surface area contributed by atoms with Gasteiger partial charge in [0.15, 0.2) is 5.78 Å². The fraction of sp³-hybridized carbons (Fsp3) is 0.536. The van der Waals surface area contributed by atoms with Gasteiger partial charge in [-0.2, -0.15) is 0 Å². The van der Waals surface area contributed by atoms with E-state index in [4.69, 9.17) is 4.74 Å². The first-order valence-electron chi connectivity index (χ1n) is 11.4. The van der Waals surface area contributed by atoms with E-state index in [-0.39, 0.29) is 5.78 Å². The van der Waals surface area contributed by atoms with Gasteiger partial charge in [0.1, 0.15) is 11.4 Å². The Morgan fingerprint density at radius 3 is 2.20 bits per heavy atom. The third-order valence-electron chi connectivity index (χ3n) is 6.15. The molecule has 2 nitrogen and oxygen atoms in total. The number of aryl methyl sites for hydroxylation is 1. The van der Waals surface area contributed by atoms with Crippen molar-refractivity contribution in [3.8, 4) is 5.75 Å². The maximum atomic E-state index is 12.7. The minimum atomic E-state index is -0.416. The molecule has 1 aliphatic heterocycles. The van der Waals surface area contributed by atoms with Crippen LogP contribution in [0.1, 0.15) is 101 Å². The predicted molar refractivity (Wildman–Crippen MR) is 129 cm³/mol. The highest BCUT2D eigenvalue weighted by Crippen LogP contribution is 2.39. The van der Waals surface area contributed by atoms with Crippen molar-refractivity contribution in [2.45, 2.75) is 99.0 Å². The van der Waals surface area contributed by atoms with Crippen LogP contribution in [0.2, 0.25) is 0 Å².